The van der Waals surface area contributed by atoms with E-state index in [-0.39, 0.29) is 17.1 Å². The van der Waals surface area contributed by atoms with Crippen LogP contribution in [0.25, 0.3) is 0 Å². The number of amides is 3. The van der Waals surface area contributed by atoms with Gasteiger partial charge < -0.3 is 20.1 Å². The van der Waals surface area contributed by atoms with E-state index < -0.39 is 36.2 Å². The molecule has 3 aromatic carbocycles. The zero-order chi connectivity index (χ0) is 28.5. The number of hydrazone groups is 1. The molecule has 204 valence electrons. The van der Waals surface area contributed by atoms with E-state index in [1.807, 2.05) is 0 Å². The highest BCUT2D eigenvalue weighted by Crippen LogP contribution is 2.25. The van der Waals surface area contributed by atoms with Gasteiger partial charge in [-0.05, 0) is 54.6 Å². The van der Waals surface area contributed by atoms with Gasteiger partial charge in [0.05, 0.1) is 5.71 Å². The molecule has 0 unspecified atom stereocenters. The molecule has 0 fully saturated rings. The Morgan fingerprint density at radius 3 is 1.64 bits per heavy atom. The highest BCUT2D eigenvalue weighted by molar-refractivity contribution is 6.13. The van der Waals surface area contributed by atoms with E-state index in [1.54, 1.807) is 30.3 Å². The molecule has 3 amide bonds. The fraction of sp³-hybridized carbons (Fsp3) is 0.0800. The SMILES string of the molecule is O=C(C=CC(=NNC(=O)Nc1ccc(OC(F)(F)F)cc1)c1ccccc1)Nc1ccc(OC(F)(F)F)cc1. The van der Waals surface area contributed by atoms with E-state index in [9.17, 15) is 35.9 Å². The Balaban J connectivity index is 1.64. The summed E-state index contributed by atoms with van der Waals surface area (Å²) < 4.78 is 81.1. The molecule has 0 aromatic heterocycles. The van der Waals surface area contributed by atoms with Crippen LogP contribution >= 0.6 is 0 Å². The molecule has 0 radical (unpaired) electrons. The summed E-state index contributed by atoms with van der Waals surface area (Å²) in [6, 6.07) is 16.5. The van der Waals surface area contributed by atoms with E-state index in [2.05, 4.69) is 30.6 Å². The van der Waals surface area contributed by atoms with Crippen molar-refractivity contribution >= 4 is 29.0 Å². The standard InChI is InChI=1S/C25H18F6N4O4/c26-24(27,28)38-19-10-6-17(7-11-19)32-22(36)15-14-21(16-4-2-1-3-5-16)34-35-23(37)33-18-8-12-20(13-9-18)39-25(29,30)31/h1-15H,(H,32,36)(H2,33,35,37). The Morgan fingerprint density at radius 1 is 0.667 bits per heavy atom. The topological polar surface area (TPSA) is 101 Å². The van der Waals surface area contributed by atoms with Gasteiger partial charge in [0.25, 0.3) is 0 Å². The Labute approximate surface area is 216 Å². The molecule has 39 heavy (non-hydrogen) atoms. The number of nitrogens with one attached hydrogen (secondary N) is 3. The van der Waals surface area contributed by atoms with Crippen molar-refractivity contribution in [3.05, 3.63) is 96.6 Å². The summed E-state index contributed by atoms with van der Waals surface area (Å²) in [5.74, 6) is -1.56. The summed E-state index contributed by atoms with van der Waals surface area (Å²) in [5, 5.41) is 8.81. The highest BCUT2D eigenvalue weighted by atomic mass is 19.4. The maximum absolute atomic E-state index is 12.3. The molecule has 3 rings (SSSR count). The molecule has 0 aliphatic heterocycles. The summed E-state index contributed by atoms with van der Waals surface area (Å²) in [5.41, 5.74) is 3.24. The summed E-state index contributed by atoms with van der Waals surface area (Å²) >= 11 is 0. The first-order valence-electron chi connectivity index (χ1n) is 10.8. The van der Waals surface area contributed by atoms with E-state index in [4.69, 9.17) is 0 Å². The third-order valence-electron chi connectivity index (χ3n) is 4.44. The van der Waals surface area contributed by atoms with Gasteiger partial charge >= 0.3 is 18.8 Å². The lowest BCUT2D eigenvalue weighted by Crippen LogP contribution is -2.25. The molecule has 3 N–H and O–H groups in total. The molecule has 3 aromatic rings. The van der Waals surface area contributed by atoms with Crippen molar-refractivity contribution < 1.29 is 45.4 Å². The van der Waals surface area contributed by atoms with Crippen LogP contribution in [-0.4, -0.2) is 30.4 Å². The van der Waals surface area contributed by atoms with Gasteiger partial charge in [-0.2, -0.15) is 5.10 Å². The van der Waals surface area contributed by atoms with Gasteiger partial charge in [0, 0.05) is 23.0 Å². The number of carbonyl (C=O) groups excluding carboxylic acids is 2. The van der Waals surface area contributed by atoms with Crippen molar-refractivity contribution in [3.63, 3.8) is 0 Å². The first-order valence-corrected chi connectivity index (χ1v) is 10.8. The second-order valence-electron chi connectivity index (χ2n) is 7.40. The summed E-state index contributed by atoms with van der Waals surface area (Å²) in [4.78, 5) is 24.5. The highest BCUT2D eigenvalue weighted by Gasteiger charge is 2.31. The molecule has 8 nitrogen and oxygen atoms in total. The fourth-order valence-electron chi connectivity index (χ4n) is 2.90. The number of benzene rings is 3. The van der Waals surface area contributed by atoms with Crippen LogP contribution in [0.2, 0.25) is 0 Å². The number of urea groups is 1. The Kier molecular flexibility index (Phi) is 9.15. The summed E-state index contributed by atoms with van der Waals surface area (Å²) in [6.07, 6.45) is -7.32. The van der Waals surface area contributed by atoms with Gasteiger partial charge in [-0.1, -0.05) is 30.3 Å². The minimum absolute atomic E-state index is 0.153. The normalized spacial score (nSPS) is 12.1. The lowest BCUT2D eigenvalue weighted by atomic mass is 10.1. The third kappa shape index (κ3) is 10.5. The van der Waals surface area contributed by atoms with Gasteiger partial charge in [0.15, 0.2) is 0 Å². The van der Waals surface area contributed by atoms with Crippen molar-refractivity contribution in [1.82, 2.24) is 5.43 Å². The monoisotopic (exact) mass is 552 g/mol. The minimum atomic E-state index is -4.85. The van der Waals surface area contributed by atoms with Gasteiger partial charge in [0.2, 0.25) is 5.91 Å². The second-order valence-corrected chi connectivity index (χ2v) is 7.40. The molecule has 0 spiro atoms. The van der Waals surface area contributed by atoms with Crippen molar-refractivity contribution in [2.24, 2.45) is 5.10 Å². The quantitative estimate of drug-likeness (QED) is 0.134. The largest absolute Gasteiger partial charge is 0.573 e. The van der Waals surface area contributed by atoms with E-state index >= 15 is 0 Å². The number of anilines is 2. The fourth-order valence-corrected chi connectivity index (χ4v) is 2.90. The molecule has 0 aliphatic rings. The van der Waals surface area contributed by atoms with Crippen molar-refractivity contribution in [2.45, 2.75) is 12.7 Å². The number of hydrogen-bond acceptors (Lipinski definition) is 5. The first-order chi connectivity index (χ1) is 18.4. The van der Waals surface area contributed by atoms with E-state index in [1.165, 1.54) is 30.3 Å². The van der Waals surface area contributed by atoms with Crippen LogP contribution < -0.4 is 25.5 Å². The molecule has 14 heteroatoms. The molecule has 0 saturated carbocycles. The number of rotatable bonds is 8. The van der Waals surface area contributed by atoms with Crippen molar-refractivity contribution in [1.29, 1.82) is 0 Å². The zero-order valence-corrected chi connectivity index (χ0v) is 19.5. The minimum Gasteiger partial charge on any atom is -0.406 e. The van der Waals surface area contributed by atoms with E-state index in [0.29, 0.717) is 5.56 Å². The average molecular weight is 552 g/mol. The first kappa shape index (κ1) is 28.6. The lowest BCUT2D eigenvalue weighted by Gasteiger charge is -2.10. The van der Waals surface area contributed by atoms with Crippen molar-refractivity contribution in [2.75, 3.05) is 10.6 Å². The number of hydrogen-bond donors (Lipinski definition) is 3. The molecule has 0 atom stereocenters. The zero-order valence-electron chi connectivity index (χ0n) is 19.5. The Bertz CT molecular complexity index is 1320. The predicted molar refractivity (Wildman–Crippen MR) is 129 cm³/mol. The average Bonchev–Trinajstić information content (AvgIpc) is 2.85. The molecular weight excluding hydrogens is 534 g/mol. The number of alkyl halides is 6. The molecule has 0 bridgehead atoms. The third-order valence-corrected chi connectivity index (χ3v) is 4.44. The van der Waals surface area contributed by atoms with Crippen LogP contribution in [0.5, 0.6) is 11.5 Å². The lowest BCUT2D eigenvalue weighted by molar-refractivity contribution is -0.275. The maximum atomic E-state index is 12.3. The Morgan fingerprint density at radius 2 is 1.15 bits per heavy atom. The van der Waals surface area contributed by atoms with Gasteiger partial charge in [0.1, 0.15) is 11.5 Å². The summed E-state index contributed by atoms with van der Waals surface area (Å²) in [7, 11) is 0. The van der Waals surface area contributed by atoms with E-state index in [0.717, 1.165) is 30.3 Å². The van der Waals surface area contributed by atoms with Gasteiger partial charge in [-0.15, -0.1) is 26.3 Å². The van der Waals surface area contributed by atoms with Crippen LogP contribution in [0.15, 0.2) is 96.1 Å². The summed E-state index contributed by atoms with van der Waals surface area (Å²) in [6.45, 7) is 0. The van der Waals surface area contributed by atoms with Crippen molar-refractivity contribution in [3.8, 4) is 11.5 Å². The number of carbonyl (C=O) groups is 2. The number of halogens is 6. The second kappa shape index (κ2) is 12.5. The van der Waals surface area contributed by atoms with Crippen LogP contribution in [0.1, 0.15) is 5.56 Å². The van der Waals surface area contributed by atoms with Crippen LogP contribution in [0.4, 0.5) is 42.5 Å². The predicted octanol–water partition coefficient (Wildman–Crippen LogP) is 6.20. The number of ether oxygens (including phenoxy) is 2. The van der Waals surface area contributed by atoms with Crippen LogP contribution in [0, 0.1) is 0 Å². The smallest absolute Gasteiger partial charge is 0.406 e. The van der Waals surface area contributed by atoms with Crippen LogP contribution in [-0.2, 0) is 4.79 Å². The molecular formula is C25H18F6N4O4. The number of allylic oxidation sites excluding steroid dienone is 1. The Hall–Kier alpha value is -5.01. The molecule has 0 saturated heterocycles. The van der Waals surface area contributed by atoms with Gasteiger partial charge in [-0.25, -0.2) is 10.2 Å². The van der Waals surface area contributed by atoms with Gasteiger partial charge in [-0.3, -0.25) is 4.79 Å². The molecule has 0 heterocycles. The number of nitrogens with zero attached hydrogens (tertiary/aromatic N) is 1. The molecule has 0 aliphatic carbocycles. The maximum Gasteiger partial charge on any atom is 0.573 e. The van der Waals surface area contributed by atoms with Crippen LogP contribution in [0.3, 0.4) is 0 Å².